The van der Waals surface area contributed by atoms with Gasteiger partial charge in [0.15, 0.2) is 0 Å². The third-order valence-corrected chi connectivity index (χ3v) is 2.37. The summed E-state index contributed by atoms with van der Waals surface area (Å²) in [6, 6.07) is 0. The second-order valence-electron chi connectivity index (χ2n) is 3.29. The lowest BCUT2D eigenvalue weighted by molar-refractivity contribution is 0.587. The van der Waals surface area contributed by atoms with Gasteiger partial charge in [-0.05, 0) is 6.92 Å². The molecule has 0 aromatic carbocycles. The summed E-state index contributed by atoms with van der Waals surface area (Å²) in [5.74, 6) is 0. The number of H-pyrrole nitrogens is 2. The normalized spacial score (nSPS) is 17.8. The summed E-state index contributed by atoms with van der Waals surface area (Å²) in [5, 5.41) is 8.68. The van der Waals surface area contributed by atoms with Crippen molar-refractivity contribution in [3.63, 3.8) is 0 Å². The predicted octanol–water partition coefficient (Wildman–Crippen LogP) is -0.579. The average Bonchev–Trinajstić information content (AvgIpc) is 2.48. The second-order valence-corrected chi connectivity index (χ2v) is 3.29. The average molecular weight is 182 g/mol. The Kier molecular flexibility index (Phi) is 2.10. The topological polar surface area (TPSA) is 63.9 Å². The molecule has 1 fully saturated rings. The van der Waals surface area contributed by atoms with E-state index in [4.69, 9.17) is 0 Å². The lowest BCUT2D eigenvalue weighted by Crippen LogP contribution is -2.45. The molecule has 2 rings (SSSR count). The first-order valence-electron chi connectivity index (χ1n) is 4.52. The molecule has 0 unspecified atom stereocenters. The molecule has 3 N–H and O–H groups in total. The summed E-state index contributed by atoms with van der Waals surface area (Å²) in [6.07, 6.45) is 0. The van der Waals surface area contributed by atoms with Crippen LogP contribution in [0.3, 0.4) is 0 Å². The van der Waals surface area contributed by atoms with Gasteiger partial charge in [-0.15, -0.1) is 0 Å². The van der Waals surface area contributed by atoms with Crippen LogP contribution in [0.25, 0.3) is 0 Å². The van der Waals surface area contributed by atoms with Crippen LogP contribution in [0.5, 0.6) is 0 Å². The highest BCUT2D eigenvalue weighted by atomic mass is 16.1. The molecule has 1 aliphatic rings. The summed E-state index contributed by atoms with van der Waals surface area (Å²) in [5.41, 5.74) is 1.70. The van der Waals surface area contributed by atoms with Crippen molar-refractivity contribution in [3.8, 4) is 0 Å². The largest absolute Gasteiger partial charge is 0.363 e. The van der Waals surface area contributed by atoms with E-state index in [-0.39, 0.29) is 5.56 Å². The molecule has 1 saturated heterocycles. The van der Waals surface area contributed by atoms with Gasteiger partial charge in [-0.2, -0.15) is 0 Å². The molecule has 0 amide bonds. The van der Waals surface area contributed by atoms with Crippen LogP contribution in [-0.2, 0) is 0 Å². The van der Waals surface area contributed by atoms with E-state index in [1.807, 2.05) is 6.92 Å². The van der Waals surface area contributed by atoms with Gasteiger partial charge in [0.1, 0.15) is 5.69 Å². The number of aromatic nitrogens is 2. The van der Waals surface area contributed by atoms with Gasteiger partial charge in [0.25, 0.3) is 5.56 Å². The van der Waals surface area contributed by atoms with E-state index in [2.05, 4.69) is 20.4 Å². The fourth-order valence-corrected chi connectivity index (χ4v) is 1.71. The zero-order valence-electron chi connectivity index (χ0n) is 7.68. The highest BCUT2D eigenvalue weighted by Gasteiger charge is 2.16. The van der Waals surface area contributed by atoms with Gasteiger partial charge >= 0.3 is 0 Å². The summed E-state index contributed by atoms with van der Waals surface area (Å²) in [4.78, 5) is 13.5. The van der Waals surface area contributed by atoms with Crippen molar-refractivity contribution in [1.82, 2.24) is 15.5 Å². The van der Waals surface area contributed by atoms with E-state index in [0.29, 0.717) is 0 Å². The quantitative estimate of drug-likeness (QED) is 0.544. The molecule has 1 aromatic rings. The fourth-order valence-electron chi connectivity index (χ4n) is 1.71. The van der Waals surface area contributed by atoms with E-state index in [0.717, 1.165) is 37.6 Å². The van der Waals surface area contributed by atoms with Crippen molar-refractivity contribution in [2.45, 2.75) is 6.92 Å². The number of nitrogens with one attached hydrogen (secondary N) is 3. The Morgan fingerprint density at radius 1 is 1.23 bits per heavy atom. The van der Waals surface area contributed by atoms with Crippen LogP contribution in [0.2, 0.25) is 0 Å². The van der Waals surface area contributed by atoms with E-state index in [1.165, 1.54) is 0 Å². The predicted molar refractivity (Wildman–Crippen MR) is 51.2 cm³/mol. The molecule has 5 heteroatoms. The zero-order chi connectivity index (χ0) is 9.26. The van der Waals surface area contributed by atoms with Gasteiger partial charge in [-0.3, -0.25) is 9.89 Å². The minimum absolute atomic E-state index is 0.0144. The number of nitrogens with zero attached hydrogens (tertiary/aromatic N) is 1. The fraction of sp³-hybridized carbons (Fsp3) is 0.625. The van der Waals surface area contributed by atoms with Crippen LogP contribution in [0.1, 0.15) is 5.69 Å². The highest BCUT2D eigenvalue weighted by molar-refractivity contribution is 5.48. The summed E-state index contributed by atoms with van der Waals surface area (Å²) in [6.45, 7) is 5.62. The van der Waals surface area contributed by atoms with Crippen LogP contribution < -0.4 is 15.8 Å². The lowest BCUT2D eigenvalue weighted by atomic mass is 10.3. The number of aromatic amines is 2. The van der Waals surface area contributed by atoms with E-state index in [9.17, 15) is 4.79 Å². The molecule has 0 radical (unpaired) electrons. The second kappa shape index (κ2) is 3.26. The number of aryl methyl sites for hydroxylation is 1. The highest BCUT2D eigenvalue weighted by Crippen LogP contribution is 2.11. The third-order valence-electron chi connectivity index (χ3n) is 2.37. The first-order chi connectivity index (χ1) is 6.29. The van der Waals surface area contributed by atoms with Crippen molar-refractivity contribution < 1.29 is 0 Å². The molecule has 72 valence electrons. The van der Waals surface area contributed by atoms with Crippen molar-refractivity contribution in [1.29, 1.82) is 0 Å². The number of rotatable bonds is 1. The Balaban J connectivity index is 2.27. The Hall–Kier alpha value is -1.23. The van der Waals surface area contributed by atoms with Crippen LogP contribution in [0.4, 0.5) is 5.69 Å². The summed E-state index contributed by atoms with van der Waals surface area (Å²) >= 11 is 0. The van der Waals surface area contributed by atoms with Crippen LogP contribution in [0, 0.1) is 6.92 Å². The van der Waals surface area contributed by atoms with Gasteiger partial charge in [0, 0.05) is 26.2 Å². The van der Waals surface area contributed by atoms with E-state index >= 15 is 0 Å². The van der Waals surface area contributed by atoms with Gasteiger partial charge in [0.2, 0.25) is 0 Å². The Morgan fingerprint density at radius 2 is 1.92 bits per heavy atom. The van der Waals surface area contributed by atoms with Gasteiger partial charge < -0.3 is 15.3 Å². The van der Waals surface area contributed by atoms with Crippen LogP contribution >= 0.6 is 0 Å². The van der Waals surface area contributed by atoms with Crippen molar-refractivity contribution >= 4 is 5.69 Å². The maximum Gasteiger partial charge on any atom is 0.287 e. The molecule has 5 nitrogen and oxygen atoms in total. The summed E-state index contributed by atoms with van der Waals surface area (Å²) < 4.78 is 0. The maximum atomic E-state index is 11.4. The number of anilines is 1. The molecule has 2 heterocycles. The standard InChI is InChI=1S/C8H14N4O/c1-6-7(8(13)11-10-6)12-4-2-9-3-5-12/h9H,2-5H2,1H3,(H2,10,11,13). The Morgan fingerprint density at radius 3 is 2.46 bits per heavy atom. The molecule has 1 aliphatic heterocycles. The van der Waals surface area contributed by atoms with Crippen molar-refractivity contribution in [3.05, 3.63) is 16.0 Å². The molecule has 0 saturated carbocycles. The molecule has 0 atom stereocenters. The van der Waals surface area contributed by atoms with Gasteiger partial charge in [-0.25, -0.2) is 0 Å². The molecule has 1 aromatic heterocycles. The maximum absolute atomic E-state index is 11.4. The Labute approximate surface area is 76.1 Å². The molecule has 0 aliphatic carbocycles. The van der Waals surface area contributed by atoms with Crippen molar-refractivity contribution in [2.75, 3.05) is 31.1 Å². The Bertz CT molecular complexity index is 334. The number of hydrogen-bond donors (Lipinski definition) is 3. The first-order valence-corrected chi connectivity index (χ1v) is 4.52. The van der Waals surface area contributed by atoms with Crippen LogP contribution in [-0.4, -0.2) is 36.4 Å². The smallest absolute Gasteiger partial charge is 0.287 e. The van der Waals surface area contributed by atoms with E-state index in [1.54, 1.807) is 0 Å². The number of piperazine rings is 1. The lowest BCUT2D eigenvalue weighted by Gasteiger charge is -2.28. The molecule has 13 heavy (non-hydrogen) atoms. The third kappa shape index (κ3) is 1.47. The molecule has 0 spiro atoms. The molecular formula is C8H14N4O. The van der Waals surface area contributed by atoms with Crippen LogP contribution in [0.15, 0.2) is 4.79 Å². The molecule has 0 bridgehead atoms. The minimum Gasteiger partial charge on any atom is -0.363 e. The van der Waals surface area contributed by atoms with Gasteiger partial charge in [-0.1, -0.05) is 0 Å². The number of hydrogen-bond acceptors (Lipinski definition) is 3. The summed E-state index contributed by atoms with van der Waals surface area (Å²) in [7, 11) is 0. The molecular weight excluding hydrogens is 168 g/mol. The SMILES string of the molecule is Cc1[nH][nH]c(=O)c1N1CCNCC1. The van der Waals surface area contributed by atoms with E-state index < -0.39 is 0 Å². The first kappa shape index (κ1) is 8.37. The minimum atomic E-state index is -0.0144. The van der Waals surface area contributed by atoms with Crippen molar-refractivity contribution in [2.24, 2.45) is 0 Å². The monoisotopic (exact) mass is 182 g/mol. The van der Waals surface area contributed by atoms with Gasteiger partial charge in [0.05, 0.1) is 5.69 Å². The zero-order valence-corrected chi connectivity index (χ0v) is 7.68.